The van der Waals surface area contributed by atoms with Crippen LogP contribution in [0.5, 0.6) is 0 Å². The van der Waals surface area contributed by atoms with E-state index >= 15 is 0 Å². The highest BCUT2D eigenvalue weighted by atomic mass is 15.1. The average Bonchev–Trinajstić information content (AvgIpc) is 2.72. The smallest absolute Gasteiger partial charge is 0.105 e. The van der Waals surface area contributed by atoms with E-state index in [9.17, 15) is 0 Å². The molecule has 0 spiro atoms. The van der Waals surface area contributed by atoms with Crippen molar-refractivity contribution in [1.29, 1.82) is 0 Å². The molecule has 2 aliphatic heterocycles. The van der Waals surface area contributed by atoms with E-state index in [1.165, 1.54) is 56.8 Å². The van der Waals surface area contributed by atoms with Crippen LogP contribution in [0.25, 0.3) is 0 Å². The molecule has 0 radical (unpaired) electrons. The Morgan fingerprint density at radius 2 is 2.06 bits per heavy atom. The van der Waals surface area contributed by atoms with Gasteiger partial charge in [0.1, 0.15) is 5.82 Å². The average molecular weight is 219 g/mol. The third kappa shape index (κ3) is 1.77. The van der Waals surface area contributed by atoms with Gasteiger partial charge in [-0.05, 0) is 57.5 Å². The highest BCUT2D eigenvalue weighted by molar-refractivity contribution is 5.08. The van der Waals surface area contributed by atoms with Gasteiger partial charge in [0.15, 0.2) is 0 Å². The van der Waals surface area contributed by atoms with Gasteiger partial charge in [0.25, 0.3) is 0 Å². The number of hydrogen-bond donors (Lipinski definition) is 1. The molecule has 1 aromatic heterocycles. The molecule has 1 unspecified atom stereocenters. The first-order chi connectivity index (χ1) is 7.84. The number of nitrogens with zero attached hydrogens (tertiary/aromatic N) is 2. The van der Waals surface area contributed by atoms with Crippen LogP contribution in [0.1, 0.15) is 30.8 Å². The molecule has 1 aromatic rings. The lowest BCUT2D eigenvalue weighted by Crippen LogP contribution is -2.35. The summed E-state index contributed by atoms with van der Waals surface area (Å²) < 4.78 is 2.44. The van der Waals surface area contributed by atoms with E-state index in [0.29, 0.717) is 0 Å². The van der Waals surface area contributed by atoms with Crippen molar-refractivity contribution in [2.45, 2.75) is 39.2 Å². The van der Waals surface area contributed by atoms with Gasteiger partial charge in [-0.3, -0.25) is 0 Å². The summed E-state index contributed by atoms with van der Waals surface area (Å²) in [4.78, 5) is 4.43. The van der Waals surface area contributed by atoms with Crippen molar-refractivity contribution < 1.29 is 0 Å². The first-order valence-electron chi connectivity index (χ1n) is 6.56. The predicted molar refractivity (Wildman–Crippen MR) is 64.4 cm³/mol. The van der Waals surface area contributed by atoms with Crippen molar-refractivity contribution in [3.05, 3.63) is 17.7 Å². The van der Waals surface area contributed by atoms with Crippen molar-refractivity contribution in [3.8, 4) is 0 Å². The minimum absolute atomic E-state index is 0.891. The molecule has 1 atom stereocenters. The van der Waals surface area contributed by atoms with Gasteiger partial charge in [-0.25, -0.2) is 4.98 Å². The normalized spacial score (nSPS) is 26.7. The maximum absolute atomic E-state index is 4.43. The molecular weight excluding hydrogens is 198 g/mol. The number of nitrogens with one attached hydrogen (secondary N) is 1. The summed E-state index contributed by atoms with van der Waals surface area (Å²) in [6, 6.07) is 0. The second-order valence-electron chi connectivity index (χ2n) is 5.29. The molecule has 3 nitrogen and oxygen atoms in total. The second-order valence-corrected chi connectivity index (χ2v) is 5.29. The van der Waals surface area contributed by atoms with E-state index < -0.39 is 0 Å². The summed E-state index contributed by atoms with van der Waals surface area (Å²) in [6.45, 7) is 5.79. The van der Waals surface area contributed by atoms with Gasteiger partial charge in [-0.1, -0.05) is 0 Å². The molecule has 3 heterocycles. The molecule has 3 heteroatoms. The number of aryl methyl sites for hydroxylation is 2. The van der Waals surface area contributed by atoms with Crippen LogP contribution >= 0.6 is 0 Å². The van der Waals surface area contributed by atoms with Crippen molar-refractivity contribution in [3.63, 3.8) is 0 Å². The number of imidazole rings is 1. The van der Waals surface area contributed by atoms with Gasteiger partial charge in [0, 0.05) is 18.4 Å². The van der Waals surface area contributed by atoms with E-state index in [2.05, 4.69) is 28.0 Å². The quantitative estimate of drug-likeness (QED) is 0.780. The van der Waals surface area contributed by atoms with Crippen molar-refractivity contribution in [2.75, 3.05) is 13.1 Å². The van der Waals surface area contributed by atoms with Gasteiger partial charge in [0.05, 0.1) is 0 Å². The van der Waals surface area contributed by atoms with Crippen LogP contribution in [0.4, 0.5) is 0 Å². The molecule has 0 amide bonds. The summed E-state index contributed by atoms with van der Waals surface area (Å²) in [7, 11) is 0. The Kier molecular flexibility index (Phi) is 2.72. The molecule has 0 aromatic carbocycles. The number of aromatic nitrogens is 2. The Morgan fingerprint density at radius 3 is 2.88 bits per heavy atom. The number of fused-ring (bicyclic) bond motifs is 1. The van der Waals surface area contributed by atoms with Crippen molar-refractivity contribution >= 4 is 0 Å². The predicted octanol–water partition coefficient (Wildman–Crippen LogP) is 1.75. The van der Waals surface area contributed by atoms with E-state index in [0.717, 1.165) is 11.8 Å². The zero-order valence-electron chi connectivity index (χ0n) is 10.1. The van der Waals surface area contributed by atoms with Crippen LogP contribution in [-0.2, 0) is 13.0 Å². The molecular formula is C13H21N3. The highest BCUT2D eigenvalue weighted by Crippen LogP contribution is 2.31. The summed E-state index contributed by atoms with van der Waals surface area (Å²) in [5, 5.41) is 3.46. The molecule has 1 N–H and O–H groups in total. The summed E-state index contributed by atoms with van der Waals surface area (Å²) in [5.74, 6) is 3.03. The van der Waals surface area contributed by atoms with Crippen LogP contribution in [0.3, 0.4) is 0 Å². The van der Waals surface area contributed by atoms with Gasteiger partial charge in [0.2, 0.25) is 0 Å². The summed E-state index contributed by atoms with van der Waals surface area (Å²) in [5.41, 5.74) is 1.45. The standard InChI is InChI=1S/C13H21N3/c1-10-15-8-13-3-2-12(9-16(10)13)11-4-6-14-7-5-11/h8,11-12,14H,2-7,9H2,1H3. The molecule has 1 fully saturated rings. The maximum atomic E-state index is 4.43. The SMILES string of the molecule is Cc1ncc2n1CC(C1CCNCC1)CC2. The number of hydrogen-bond acceptors (Lipinski definition) is 2. The highest BCUT2D eigenvalue weighted by Gasteiger charge is 2.27. The van der Waals surface area contributed by atoms with E-state index in [-0.39, 0.29) is 0 Å². The van der Waals surface area contributed by atoms with Gasteiger partial charge < -0.3 is 9.88 Å². The fraction of sp³-hybridized carbons (Fsp3) is 0.769. The maximum Gasteiger partial charge on any atom is 0.105 e. The fourth-order valence-corrected chi connectivity index (χ4v) is 3.32. The molecule has 88 valence electrons. The summed E-state index contributed by atoms with van der Waals surface area (Å²) in [6.07, 6.45) is 7.40. The van der Waals surface area contributed by atoms with Gasteiger partial charge in [-0.15, -0.1) is 0 Å². The lowest BCUT2D eigenvalue weighted by Gasteiger charge is -2.34. The Bertz CT molecular complexity index is 363. The molecule has 0 aliphatic carbocycles. The lowest BCUT2D eigenvalue weighted by atomic mass is 9.80. The molecule has 0 saturated carbocycles. The number of rotatable bonds is 1. The lowest BCUT2D eigenvalue weighted by molar-refractivity contribution is 0.205. The first kappa shape index (κ1) is 10.3. The van der Waals surface area contributed by atoms with E-state index in [1.54, 1.807) is 0 Å². The third-order valence-electron chi connectivity index (χ3n) is 4.38. The van der Waals surface area contributed by atoms with Crippen LogP contribution < -0.4 is 5.32 Å². The third-order valence-corrected chi connectivity index (χ3v) is 4.38. The van der Waals surface area contributed by atoms with Gasteiger partial charge >= 0.3 is 0 Å². The van der Waals surface area contributed by atoms with Crippen molar-refractivity contribution in [2.24, 2.45) is 11.8 Å². The van der Waals surface area contributed by atoms with Crippen molar-refractivity contribution in [1.82, 2.24) is 14.9 Å². The fourth-order valence-electron chi connectivity index (χ4n) is 3.32. The first-order valence-corrected chi connectivity index (χ1v) is 6.56. The monoisotopic (exact) mass is 219 g/mol. The Hall–Kier alpha value is -0.830. The molecule has 1 saturated heterocycles. The Balaban J connectivity index is 1.73. The summed E-state index contributed by atoms with van der Waals surface area (Å²) >= 11 is 0. The van der Waals surface area contributed by atoms with Crippen LogP contribution in [0.2, 0.25) is 0 Å². The van der Waals surface area contributed by atoms with Gasteiger partial charge in [-0.2, -0.15) is 0 Å². The topological polar surface area (TPSA) is 29.9 Å². The van der Waals surface area contributed by atoms with Crippen LogP contribution in [0, 0.1) is 18.8 Å². The molecule has 16 heavy (non-hydrogen) atoms. The minimum Gasteiger partial charge on any atom is -0.332 e. The molecule has 3 rings (SSSR count). The minimum atomic E-state index is 0.891. The van der Waals surface area contributed by atoms with E-state index in [1.807, 2.05) is 0 Å². The van der Waals surface area contributed by atoms with Crippen LogP contribution in [0.15, 0.2) is 6.20 Å². The Morgan fingerprint density at radius 1 is 1.25 bits per heavy atom. The Labute approximate surface area is 97.3 Å². The largest absolute Gasteiger partial charge is 0.332 e. The molecule has 2 aliphatic rings. The second kappa shape index (κ2) is 4.21. The zero-order chi connectivity index (χ0) is 11.0. The number of piperidine rings is 1. The molecule has 0 bridgehead atoms. The van der Waals surface area contributed by atoms with Crippen LogP contribution in [-0.4, -0.2) is 22.6 Å². The van der Waals surface area contributed by atoms with E-state index in [4.69, 9.17) is 0 Å². The zero-order valence-corrected chi connectivity index (χ0v) is 10.1.